The Balaban J connectivity index is 2.25. The van der Waals surface area contributed by atoms with Gasteiger partial charge in [0.1, 0.15) is 4.60 Å². The highest BCUT2D eigenvalue weighted by Gasteiger charge is 2.26. The van der Waals surface area contributed by atoms with Gasteiger partial charge in [0.15, 0.2) is 0 Å². The van der Waals surface area contributed by atoms with Crippen molar-refractivity contribution in [2.45, 2.75) is 26.2 Å². The van der Waals surface area contributed by atoms with Crippen LogP contribution in [0.2, 0.25) is 0 Å². The van der Waals surface area contributed by atoms with E-state index in [4.69, 9.17) is 0 Å². The molecule has 2 atom stereocenters. The van der Waals surface area contributed by atoms with Crippen LogP contribution in [0.15, 0.2) is 53.3 Å². The predicted molar refractivity (Wildman–Crippen MR) is 89.2 cm³/mol. The fourth-order valence-electron chi connectivity index (χ4n) is 2.32. The molecule has 1 N–H and O–H groups in total. The number of carbonyl (C=O) groups is 1. The Morgan fingerprint density at radius 2 is 1.95 bits per heavy atom. The van der Waals surface area contributed by atoms with Crippen molar-refractivity contribution in [3.8, 4) is 0 Å². The summed E-state index contributed by atoms with van der Waals surface area (Å²) in [5.41, 5.74) is 1.75. The molecule has 3 nitrogen and oxygen atoms in total. The van der Waals surface area contributed by atoms with Crippen LogP contribution < -0.4 is 5.32 Å². The number of anilines is 1. The van der Waals surface area contributed by atoms with Gasteiger partial charge in [0.05, 0.1) is 11.6 Å². The Labute approximate surface area is 133 Å². The normalized spacial score (nSPS) is 13.5. The fraction of sp³-hybridized carbons (Fsp3) is 0.294. The molecule has 0 saturated carbocycles. The number of pyridine rings is 1. The van der Waals surface area contributed by atoms with Gasteiger partial charge in [-0.1, -0.05) is 50.6 Å². The van der Waals surface area contributed by atoms with Gasteiger partial charge in [-0.3, -0.25) is 4.79 Å². The van der Waals surface area contributed by atoms with Gasteiger partial charge in [0.25, 0.3) is 0 Å². The molecular formula is C17H19BrN2O. The Bertz CT molecular complexity index is 601. The second-order valence-corrected chi connectivity index (χ2v) is 5.86. The third-order valence-corrected chi connectivity index (χ3v) is 4.30. The maximum atomic E-state index is 12.7. The molecule has 0 saturated heterocycles. The van der Waals surface area contributed by atoms with Gasteiger partial charge in [-0.05, 0) is 39.5 Å². The standard InChI is InChI=1S/C17H19BrN2O/c1-3-12(2)15(13-8-5-4-6-9-13)17(21)20-14-10-7-11-19-16(14)18/h4-12,15H,3H2,1-2H3,(H,20,21). The summed E-state index contributed by atoms with van der Waals surface area (Å²) in [6, 6.07) is 13.6. The molecule has 2 unspecified atom stereocenters. The van der Waals surface area contributed by atoms with E-state index in [1.807, 2.05) is 36.4 Å². The summed E-state index contributed by atoms with van der Waals surface area (Å²) in [5.74, 6) is 0.107. The van der Waals surface area contributed by atoms with Crippen molar-refractivity contribution >= 4 is 27.5 Å². The van der Waals surface area contributed by atoms with Crippen LogP contribution in [0.3, 0.4) is 0 Å². The molecule has 2 aromatic rings. The summed E-state index contributed by atoms with van der Waals surface area (Å²) in [4.78, 5) is 16.8. The first-order valence-electron chi connectivity index (χ1n) is 7.09. The van der Waals surface area contributed by atoms with Crippen LogP contribution in [0.5, 0.6) is 0 Å². The van der Waals surface area contributed by atoms with E-state index in [9.17, 15) is 4.79 Å². The van der Waals surface area contributed by atoms with E-state index in [0.29, 0.717) is 10.3 Å². The second kappa shape index (κ2) is 7.36. The molecule has 0 aliphatic carbocycles. The van der Waals surface area contributed by atoms with Gasteiger partial charge >= 0.3 is 0 Å². The van der Waals surface area contributed by atoms with Crippen LogP contribution in [0.25, 0.3) is 0 Å². The Morgan fingerprint density at radius 1 is 1.24 bits per heavy atom. The number of hydrogen-bond donors (Lipinski definition) is 1. The molecule has 4 heteroatoms. The smallest absolute Gasteiger partial charge is 0.232 e. The van der Waals surface area contributed by atoms with Gasteiger partial charge in [0, 0.05) is 6.20 Å². The van der Waals surface area contributed by atoms with Gasteiger partial charge in [-0.2, -0.15) is 0 Å². The van der Waals surface area contributed by atoms with E-state index in [-0.39, 0.29) is 17.7 Å². The number of aromatic nitrogens is 1. The minimum absolute atomic E-state index is 0.00394. The summed E-state index contributed by atoms with van der Waals surface area (Å²) < 4.78 is 0.648. The topological polar surface area (TPSA) is 42.0 Å². The van der Waals surface area contributed by atoms with Crippen LogP contribution in [0, 0.1) is 5.92 Å². The Hall–Kier alpha value is -1.68. The summed E-state index contributed by atoms with van der Waals surface area (Å²) in [5, 5.41) is 2.98. The van der Waals surface area contributed by atoms with Gasteiger partial charge < -0.3 is 5.32 Å². The van der Waals surface area contributed by atoms with Gasteiger partial charge in [0.2, 0.25) is 5.91 Å². The predicted octanol–water partition coefficient (Wildman–Crippen LogP) is 4.61. The SMILES string of the molecule is CCC(C)C(C(=O)Nc1cccnc1Br)c1ccccc1. The van der Waals surface area contributed by atoms with Crippen LogP contribution >= 0.6 is 15.9 Å². The van der Waals surface area contributed by atoms with Crippen molar-refractivity contribution in [2.24, 2.45) is 5.92 Å². The first kappa shape index (κ1) is 15.7. The maximum Gasteiger partial charge on any atom is 0.232 e. The fourth-order valence-corrected chi connectivity index (χ4v) is 2.67. The van der Waals surface area contributed by atoms with Crippen molar-refractivity contribution in [1.82, 2.24) is 4.98 Å². The molecule has 0 fully saturated rings. The van der Waals surface area contributed by atoms with Crippen molar-refractivity contribution in [1.29, 1.82) is 0 Å². The third-order valence-electron chi connectivity index (χ3n) is 3.67. The van der Waals surface area contributed by atoms with Crippen molar-refractivity contribution in [3.63, 3.8) is 0 Å². The first-order valence-corrected chi connectivity index (χ1v) is 7.89. The highest BCUT2D eigenvalue weighted by Crippen LogP contribution is 2.29. The molecule has 1 aromatic heterocycles. The maximum absolute atomic E-state index is 12.7. The van der Waals surface area contributed by atoms with Crippen molar-refractivity contribution in [3.05, 3.63) is 58.8 Å². The number of benzene rings is 1. The van der Waals surface area contributed by atoms with E-state index in [0.717, 1.165) is 12.0 Å². The lowest BCUT2D eigenvalue weighted by Gasteiger charge is -2.23. The Kier molecular flexibility index (Phi) is 5.51. The van der Waals surface area contributed by atoms with Crippen LogP contribution in [0.4, 0.5) is 5.69 Å². The number of rotatable bonds is 5. The van der Waals surface area contributed by atoms with Crippen LogP contribution in [-0.2, 0) is 4.79 Å². The molecule has 1 amide bonds. The number of hydrogen-bond acceptors (Lipinski definition) is 2. The molecule has 2 rings (SSSR count). The van der Waals surface area contributed by atoms with Crippen LogP contribution in [-0.4, -0.2) is 10.9 Å². The molecule has 0 aliphatic rings. The summed E-state index contributed by atoms with van der Waals surface area (Å²) >= 11 is 3.36. The molecular weight excluding hydrogens is 328 g/mol. The zero-order valence-corrected chi connectivity index (χ0v) is 13.8. The van der Waals surface area contributed by atoms with E-state index in [2.05, 4.69) is 40.1 Å². The molecule has 0 aliphatic heterocycles. The molecule has 0 spiro atoms. The lowest BCUT2D eigenvalue weighted by Crippen LogP contribution is -2.26. The van der Waals surface area contributed by atoms with E-state index in [1.54, 1.807) is 12.3 Å². The van der Waals surface area contributed by atoms with Gasteiger partial charge in [-0.25, -0.2) is 4.98 Å². The highest BCUT2D eigenvalue weighted by atomic mass is 79.9. The lowest BCUT2D eigenvalue weighted by atomic mass is 9.85. The zero-order valence-electron chi connectivity index (χ0n) is 12.2. The molecule has 1 aromatic carbocycles. The third kappa shape index (κ3) is 3.91. The summed E-state index contributed by atoms with van der Waals surface area (Å²) in [6.07, 6.45) is 2.63. The number of nitrogens with zero attached hydrogens (tertiary/aromatic N) is 1. The van der Waals surface area contributed by atoms with E-state index in [1.165, 1.54) is 0 Å². The Morgan fingerprint density at radius 3 is 2.57 bits per heavy atom. The van der Waals surface area contributed by atoms with Crippen molar-refractivity contribution < 1.29 is 4.79 Å². The molecule has 110 valence electrons. The molecule has 21 heavy (non-hydrogen) atoms. The van der Waals surface area contributed by atoms with E-state index < -0.39 is 0 Å². The van der Waals surface area contributed by atoms with Gasteiger partial charge in [-0.15, -0.1) is 0 Å². The summed E-state index contributed by atoms with van der Waals surface area (Å²) in [7, 11) is 0. The molecule has 0 radical (unpaired) electrons. The molecule has 0 bridgehead atoms. The number of nitrogens with one attached hydrogen (secondary N) is 1. The average molecular weight is 347 g/mol. The lowest BCUT2D eigenvalue weighted by molar-refractivity contribution is -0.118. The van der Waals surface area contributed by atoms with E-state index >= 15 is 0 Å². The number of halogens is 1. The zero-order chi connectivity index (χ0) is 15.2. The number of amides is 1. The second-order valence-electron chi connectivity index (χ2n) is 5.10. The highest BCUT2D eigenvalue weighted by molar-refractivity contribution is 9.10. The minimum atomic E-state index is -0.164. The molecule has 1 heterocycles. The van der Waals surface area contributed by atoms with Crippen LogP contribution in [0.1, 0.15) is 31.7 Å². The van der Waals surface area contributed by atoms with Crippen molar-refractivity contribution in [2.75, 3.05) is 5.32 Å². The largest absolute Gasteiger partial charge is 0.323 e. The quantitative estimate of drug-likeness (QED) is 0.803. The first-order chi connectivity index (χ1) is 10.1. The summed E-state index contributed by atoms with van der Waals surface area (Å²) in [6.45, 7) is 4.21. The monoisotopic (exact) mass is 346 g/mol. The number of carbonyl (C=O) groups excluding carboxylic acids is 1. The average Bonchev–Trinajstić information content (AvgIpc) is 2.50. The minimum Gasteiger partial charge on any atom is -0.323 e.